The van der Waals surface area contributed by atoms with Crippen molar-refractivity contribution < 1.29 is 29.4 Å². The Labute approximate surface area is 130 Å². The van der Waals surface area contributed by atoms with Gasteiger partial charge in [0.1, 0.15) is 18.3 Å². The number of hydrogen-bond acceptors (Lipinski definition) is 5. The lowest BCUT2D eigenvalue weighted by molar-refractivity contribution is -0.139. The molecular weight excluding hydrogens is 314 g/mol. The second-order valence-electron chi connectivity index (χ2n) is 4.90. The number of nitrogens with two attached hydrogens (primary N) is 1. The van der Waals surface area contributed by atoms with Crippen molar-refractivity contribution in [3.05, 3.63) is 0 Å². The summed E-state index contributed by atoms with van der Waals surface area (Å²) < 4.78 is 0. The van der Waals surface area contributed by atoms with Gasteiger partial charge in [0.15, 0.2) is 17.5 Å². The van der Waals surface area contributed by atoms with Gasteiger partial charge in [-0.25, -0.2) is 0 Å². The number of carboxylic acids is 2. The SMILES string of the molecule is NC(CCC(=O)NC(C[S+]1CC1)C(=O)NCC(=O)O)C(=O)O. The second-order valence-corrected chi connectivity index (χ2v) is 7.28. The molecule has 1 aliphatic heterocycles. The first-order valence-corrected chi connectivity index (χ1v) is 8.44. The highest BCUT2D eigenvalue weighted by atomic mass is 32.2. The van der Waals surface area contributed by atoms with E-state index >= 15 is 0 Å². The Balaban J connectivity index is 2.45. The molecule has 0 aromatic heterocycles. The zero-order valence-electron chi connectivity index (χ0n) is 11.9. The van der Waals surface area contributed by atoms with Crippen LogP contribution in [0.5, 0.6) is 0 Å². The third-order valence-corrected chi connectivity index (χ3v) is 4.75. The van der Waals surface area contributed by atoms with Crippen LogP contribution in [0.4, 0.5) is 0 Å². The molecule has 124 valence electrons. The van der Waals surface area contributed by atoms with Gasteiger partial charge in [-0.1, -0.05) is 0 Å². The third kappa shape index (κ3) is 7.27. The molecular formula is C12H20N3O6S+. The maximum atomic E-state index is 11.9. The number of carboxylic acid groups (broad SMARTS) is 2. The van der Waals surface area contributed by atoms with E-state index in [1.807, 2.05) is 0 Å². The third-order valence-electron chi connectivity index (χ3n) is 2.96. The van der Waals surface area contributed by atoms with Crippen LogP contribution in [-0.2, 0) is 30.1 Å². The van der Waals surface area contributed by atoms with Crippen LogP contribution in [-0.4, -0.2) is 69.9 Å². The summed E-state index contributed by atoms with van der Waals surface area (Å²) in [5.41, 5.74) is 5.30. The van der Waals surface area contributed by atoms with Gasteiger partial charge in [-0.15, -0.1) is 0 Å². The maximum Gasteiger partial charge on any atom is 0.322 e. The molecule has 0 aromatic carbocycles. The van der Waals surface area contributed by atoms with E-state index in [4.69, 9.17) is 15.9 Å². The first kappa shape index (κ1) is 18.2. The summed E-state index contributed by atoms with van der Waals surface area (Å²) in [6, 6.07) is -1.92. The largest absolute Gasteiger partial charge is 0.480 e. The Morgan fingerprint density at radius 2 is 1.82 bits per heavy atom. The number of amides is 2. The molecule has 1 aliphatic rings. The van der Waals surface area contributed by atoms with Crippen molar-refractivity contribution in [2.24, 2.45) is 5.73 Å². The molecule has 22 heavy (non-hydrogen) atoms. The van der Waals surface area contributed by atoms with E-state index in [1.54, 1.807) is 0 Å². The van der Waals surface area contributed by atoms with Crippen LogP contribution in [0.1, 0.15) is 12.8 Å². The van der Waals surface area contributed by atoms with Crippen LogP contribution in [0.2, 0.25) is 0 Å². The standard InChI is InChI=1S/C12H19N3O6S/c13-7(12(20)21)1-2-9(16)15-8(6-22-3-4-22)11(19)14-5-10(17)18/h7-8H,1-6,13H2,(H3-,14,15,16,17,18,19,20,21)/p+1. The van der Waals surface area contributed by atoms with E-state index < -0.39 is 42.4 Å². The fourth-order valence-electron chi connectivity index (χ4n) is 1.61. The number of carbonyl (C=O) groups excluding carboxylic acids is 2. The van der Waals surface area contributed by atoms with Crippen molar-refractivity contribution in [1.82, 2.24) is 10.6 Å². The number of rotatable bonds is 10. The highest BCUT2D eigenvalue weighted by Gasteiger charge is 2.39. The molecule has 0 aromatic rings. The lowest BCUT2D eigenvalue weighted by Crippen LogP contribution is -2.50. The average Bonchev–Trinajstić information content (AvgIpc) is 3.25. The van der Waals surface area contributed by atoms with E-state index in [0.29, 0.717) is 5.75 Å². The minimum atomic E-state index is -1.19. The summed E-state index contributed by atoms with van der Waals surface area (Å²) in [5, 5.41) is 21.9. The summed E-state index contributed by atoms with van der Waals surface area (Å²) in [5.74, 6) is -0.898. The predicted molar refractivity (Wildman–Crippen MR) is 79.4 cm³/mol. The Morgan fingerprint density at radius 3 is 2.32 bits per heavy atom. The van der Waals surface area contributed by atoms with Crippen LogP contribution in [0.3, 0.4) is 0 Å². The first-order valence-electron chi connectivity index (χ1n) is 6.71. The molecule has 9 nitrogen and oxygen atoms in total. The molecule has 1 fully saturated rings. The van der Waals surface area contributed by atoms with E-state index in [2.05, 4.69) is 10.6 Å². The van der Waals surface area contributed by atoms with Crippen molar-refractivity contribution in [3.63, 3.8) is 0 Å². The highest BCUT2D eigenvalue weighted by molar-refractivity contribution is 8.03. The number of aliphatic carboxylic acids is 2. The van der Waals surface area contributed by atoms with Crippen molar-refractivity contribution in [1.29, 1.82) is 0 Å². The van der Waals surface area contributed by atoms with Crippen LogP contribution in [0.15, 0.2) is 0 Å². The molecule has 2 amide bonds. The molecule has 0 saturated carbocycles. The molecule has 6 N–H and O–H groups in total. The normalized spacial score (nSPS) is 16.4. The Kier molecular flexibility index (Phi) is 7.12. The first-order chi connectivity index (χ1) is 10.3. The van der Waals surface area contributed by atoms with Crippen molar-refractivity contribution in [2.75, 3.05) is 23.8 Å². The fraction of sp³-hybridized carbons (Fsp3) is 0.667. The minimum absolute atomic E-state index is 0.0314. The smallest absolute Gasteiger partial charge is 0.322 e. The Morgan fingerprint density at radius 1 is 1.18 bits per heavy atom. The maximum absolute atomic E-state index is 11.9. The monoisotopic (exact) mass is 334 g/mol. The minimum Gasteiger partial charge on any atom is -0.480 e. The summed E-state index contributed by atoms with van der Waals surface area (Å²) in [7, 11) is 0.0912. The van der Waals surface area contributed by atoms with Crippen LogP contribution in [0, 0.1) is 0 Å². The number of nitrogens with one attached hydrogen (secondary N) is 2. The van der Waals surface area contributed by atoms with Gasteiger partial charge in [0, 0.05) is 6.42 Å². The van der Waals surface area contributed by atoms with Gasteiger partial charge in [0.05, 0.1) is 0 Å². The zero-order chi connectivity index (χ0) is 16.7. The molecule has 0 spiro atoms. The fourth-order valence-corrected chi connectivity index (χ4v) is 3.12. The van der Waals surface area contributed by atoms with E-state index in [0.717, 1.165) is 11.5 Å². The predicted octanol–water partition coefficient (Wildman–Crippen LogP) is -2.50. The Bertz CT molecular complexity index is 454. The molecule has 0 bridgehead atoms. The van der Waals surface area contributed by atoms with E-state index in [1.165, 1.54) is 0 Å². The molecule has 1 rings (SSSR count). The molecule has 10 heteroatoms. The van der Waals surface area contributed by atoms with Gasteiger partial charge in [0.25, 0.3) is 0 Å². The van der Waals surface area contributed by atoms with E-state index in [-0.39, 0.29) is 23.7 Å². The molecule has 1 heterocycles. The van der Waals surface area contributed by atoms with Gasteiger partial charge in [-0.3, -0.25) is 19.2 Å². The quantitative estimate of drug-likeness (QED) is 0.218. The second kappa shape index (κ2) is 8.59. The Hall–Kier alpha value is -1.81. The number of carbonyl (C=O) groups is 4. The van der Waals surface area contributed by atoms with Crippen LogP contribution >= 0.6 is 0 Å². The molecule has 0 aliphatic carbocycles. The molecule has 2 atom stereocenters. The highest BCUT2D eigenvalue weighted by Crippen LogP contribution is 2.14. The molecule has 2 unspecified atom stereocenters. The zero-order valence-corrected chi connectivity index (χ0v) is 12.7. The van der Waals surface area contributed by atoms with Gasteiger partial charge in [-0.2, -0.15) is 0 Å². The lowest BCUT2D eigenvalue weighted by atomic mass is 10.1. The van der Waals surface area contributed by atoms with Gasteiger partial charge < -0.3 is 26.6 Å². The van der Waals surface area contributed by atoms with Gasteiger partial charge >= 0.3 is 11.9 Å². The van der Waals surface area contributed by atoms with Crippen molar-refractivity contribution >= 4 is 34.6 Å². The van der Waals surface area contributed by atoms with E-state index in [9.17, 15) is 19.2 Å². The number of hydrogen-bond donors (Lipinski definition) is 5. The summed E-state index contributed by atoms with van der Waals surface area (Å²) in [4.78, 5) is 44.7. The van der Waals surface area contributed by atoms with Gasteiger partial charge in [0.2, 0.25) is 11.8 Å². The van der Waals surface area contributed by atoms with Crippen LogP contribution in [0.25, 0.3) is 0 Å². The topological polar surface area (TPSA) is 159 Å². The molecule has 0 radical (unpaired) electrons. The lowest BCUT2D eigenvalue weighted by Gasteiger charge is -2.15. The summed E-state index contributed by atoms with van der Waals surface area (Å²) in [6.07, 6.45) is -0.139. The summed E-state index contributed by atoms with van der Waals surface area (Å²) >= 11 is 0. The summed E-state index contributed by atoms with van der Waals surface area (Å²) in [6.45, 7) is -0.511. The average molecular weight is 334 g/mol. The molecule has 1 saturated heterocycles. The van der Waals surface area contributed by atoms with Crippen molar-refractivity contribution in [2.45, 2.75) is 24.9 Å². The van der Waals surface area contributed by atoms with Gasteiger partial charge in [-0.05, 0) is 17.3 Å². The van der Waals surface area contributed by atoms with Crippen molar-refractivity contribution in [3.8, 4) is 0 Å². The van der Waals surface area contributed by atoms with Crippen LogP contribution < -0.4 is 16.4 Å².